The topological polar surface area (TPSA) is 110 Å². The van der Waals surface area contributed by atoms with Crippen LogP contribution in [0.1, 0.15) is 41.4 Å². The Kier molecular flexibility index (Phi) is 11.9. The number of amides is 3. The van der Waals surface area contributed by atoms with Gasteiger partial charge in [-0.25, -0.2) is 0 Å². The van der Waals surface area contributed by atoms with Gasteiger partial charge in [-0.1, -0.05) is 61.4 Å². The first-order valence-corrected chi connectivity index (χ1v) is 16.7. The lowest BCUT2D eigenvalue weighted by Gasteiger charge is -2.11. The van der Waals surface area contributed by atoms with Gasteiger partial charge in [0.1, 0.15) is 23.0 Å². The maximum absolute atomic E-state index is 13.5. The Morgan fingerprint density at radius 1 is 0.792 bits per heavy atom. The first-order valence-electron chi connectivity index (χ1n) is 15.7. The van der Waals surface area contributed by atoms with Crippen LogP contribution in [0.2, 0.25) is 0 Å². The normalized spacial score (nSPS) is 11.1. The molecule has 0 saturated heterocycles. The van der Waals surface area contributed by atoms with Gasteiger partial charge in [0.05, 0.1) is 12.4 Å². The van der Waals surface area contributed by atoms with E-state index in [4.69, 9.17) is 9.15 Å². The van der Waals surface area contributed by atoms with Gasteiger partial charge < -0.3 is 25.1 Å². The number of hydrogen-bond donors (Lipinski definition) is 3. The number of carbonyl (C=O) groups is 3. The molecule has 0 aliphatic carbocycles. The van der Waals surface area contributed by atoms with Crippen LogP contribution in [-0.4, -0.2) is 30.1 Å². The van der Waals surface area contributed by atoms with Gasteiger partial charge in [0.25, 0.3) is 11.8 Å². The molecular formula is C39H37N3O5S. The highest BCUT2D eigenvalue weighted by atomic mass is 32.2. The fourth-order valence-corrected chi connectivity index (χ4v) is 5.23. The number of nitrogens with one attached hydrogen (secondary N) is 3. The van der Waals surface area contributed by atoms with Crippen molar-refractivity contribution in [3.05, 3.63) is 138 Å². The van der Waals surface area contributed by atoms with Gasteiger partial charge in [-0.2, -0.15) is 0 Å². The van der Waals surface area contributed by atoms with E-state index in [9.17, 15) is 14.4 Å². The Balaban J connectivity index is 1.20. The maximum atomic E-state index is 13.5. The molecule has 0 radical (unpaired) electrons. The third kappa shape index (κ3) is 9.98. The number of furan rings is 1. The van der Waals surface area contributed by atoms with Crippen molar-refractivity contribution in [1.29, 1.82) is 0 Å². The van der Waals surface area contributed by atoms with Gasteiger partial charge in [-0.15, -0.1) is 11.8 Å². The largest absolute Gasteiger partial charge is 0.494 e. The molecule has 0 aliphatic heterocycles. The van der Waals surface area contributed by atoms with E-state index in [1.807, 2.05) is 79.7 Å². The number of thioether (sulfide) groups is 1. The lowest BCUT2D eigenvalue weighted by Crippen LogP contribution is -2.30. The smallest absolute Gasteiger partial charge is 0.272 e. The maximum Gasteiger partial charge on any atom is 0.272 e. The molecule has 9 heteroatoms. The molecule has 0 fully saturated rings. The summed E-state index contributed by atoms with van der Waals surface area (Å²) in [7, 11) is 0. The van der Waals surface area contributed by atoms with E-state index < -0.39 is 11.8 Å². The van der Waals surface area contributed by atoms with Gasteiger partial charge in [0, 0.05) is 33.5 Å². The number of ether oxygens (including phenoxy) is 1. The van der Waals surface area contributed by atoms with Gasteiger partial charge in [-0.3, -0.25) is 14.4 Å². The molecule has 5 rings (SSSR count). The predicted octanol–water partition coefficient (Wildman–Crippen LogP) is 8.57. The molecule has 0 unspecified atom stereocenters. The highest BCUT2D eigenvalue weighted by molar-refractivity contribution is 8.00. The Morgan fingerprint density at radius 2 is 1.48 bits per heavy atom. The minimum atomic E-state index is -0.519. The van der Waals surface area contributed by atoms with Crippen molar-refractivity contribution in [3.8, 4) is 17.1 Å². The molecule has 0 aliphatic rings. The number of aryl methyl sites for hydroxylation is 1. The minimum absolute atomic E-state index is 0.0179. The lowest BCUT2D eigenvalue weighted by atomic mass is 10.1. The predicted molar refractivity (Wildman–Crippen MR) is 192 cm³/mol. The van der Waals surface area contributed by atoms with Crippen LogP contribution in [0.4, 0.5) is 11.4 Å². The quantitative estimate of drug-likeness (QED) is 0.0626. The SMILES string of the molecule is CCCCOc1ccc(NC(=O)CSc2ccc(NC(=O)/C(=C/c3ccc(-c4ccc(C)cc4)o3)NC(=O)c3ccccc3)cc2)cc1. The average Bonchev–Trinajstić information content (AvgIpc) is 3.57. The lowest BCUT2D eigenvalue weighted by molar-refractivity contribution is -0.114. The molecule has 0 spiro atoms. The van der Waals surface area contributed by atoms with Crippen LogP contribution in [0.15, 0.2) is 130 Å². The zero-order valence-corrected chi connectivity index (χ0v) is 27.6. The standard InChI is InChI=1S/C39H37N3O5S/c1-3-4-24-46-32-18-14-30(15-19-32)40-37(43)26-48-34-21-16-31(17-22-34)41-39(45)35(42-38(44)29-8-6-5-7-9-29)25-33-20-23-36(47-33)28-12-10-27(2)11-13-28/h5-23,25H,3-4,24,26H2,1-2H3,(H,40,43)(H,41,45)(H,42,44)/b35-25-. The molecule has 4 aromatic carbocycles. The molecule has 48 heavy (non-hydrogen) atoms. The number of carbonyl (C=O) groups excluding carboxylic acids is 3. The van der Waals surface area contributed by atoms with Crippen LogP contribution in [0.5, 0.6) is 5.75 Å². The van der Waals surface area contributed by atoms with Crippen LogP contribution >= 0.6 is 11.8 Å². The summed E-state index contributed by atoms with van der Waals surface area (Å²) in [5.41, 5.74) is 3.69. The molecule has 0 saturated carbocycles. The average molecular weight is 660 g/mol. The molecule has 8 nitrogen and oxygen atoms in total. The fourth-order valence-electron chi connectivity index (χ4n) is 4.54. The van der Waals surface area contributed by atoms with E-state index >= 15 is 0 Å². The molecule has 244 valence electrons. The van der Waals surface area contributed by atoms with Crippen molar-refractivity contribution in [2.75, 3.05) is 23.0 Å². The van der Waals surface area contributed by atoms with E-state index in [0.29, 0.717) is 35.1 Å². The molecule has 1 heterocycles. The van der Waals surface area contributed by atoms with Gasteiger partial charge in [0.15, 0.2) is 0 Å². The zero-order valence-electron chi connectivity index (χ0n) is 26.8. The van der Waals surface area contributed by atoms with Crippen LogP contribution in [0.25, 0.3) is 17.4 Å². The minimum Gasteiger partial charge on any atom is -0.494 e. The number of anilines is 2. The molecule has 3 amide bonds. The van der Waals surface area contributed by atoms with Crippen molar-refractivity contribution in [3.63, 3.8) is 0 Å². The van der Waals surface area contributed by atoms with Crippen LogP contribution < -0.4 is 20.7 Å². The molecule has 0 atom stereocenters. The summed E-state index contributed by atoms with van der Waals surface area (Å²) in [6, 6.07) is 34.6. The number of hydrogen-bond acceptors (Lipinski definition) is 6. The summed E-state index contributed by atoms with van der Waals surface area (Å²) in [4.78, 5) is 39.9. The summed E-state index contributed by atoms with van der Waals surface area (Å²) in [5, 5.41) is 8.47. The van der Waals surface area contributed by atoms with E-state index in [2.05, 4.69) is 22.9 Å². The molecule has 3 N–H and O–H groups in total. The Hall–Kier alpha value is -5.54. The third-order valence-corrected chi connectivity index (χ3v) is 8.18. The van der Waals surface area contributed by atoms with Gasteiger partial charge in [0.2, 0.25) is 5.91 Å². The van der Waals surface area contributed by atoms with Crippen LogP contribution in [0.3, 0.4) is 0 Å². The van der Waals surface area contributed by atoms with Gasteiger partial charge >= 0.3 is 0 Å². The van der Waals surface area contributed by atoms with Crippen LogP contribution in [-0.2, 0) is 9.59 Å². The summed E-state index contributed by atoms with van der Waals surface area (Å²) in [6.45, 7) is 4.80. The van der Waals surface area contributed by atoms with E-state index in [1.165, 1.54) is 17.8 Å². The zero-order chi connectivity index (χ0) is 33.7. The van der Waals surface area contributed by atoms with Crippen molar-refractivity contribution >= 4 is 46.9 Å². The molecular weight excluding hydrogens is 623 g/mol. The number of benzene rings is 4. The van der Waals surface area contributed by atoms with Gasteiger partial charge in [-0.05, 0) is 86.1 Å². The highest BCUT2D eigenvalue weighted by Gasteiger charge is 2.16. The fraction of sp³-hybridized carbons (Fsp3) is 0.154. The second kappa shape index (κ2) is 16.9. The molecule has 0 bridgehead atoms. The van der Waals surface area contributed by atoms with Crippen molar-refractivity contribution in [1.82, 2.24) is 5.32 Å². The summed E-state index contributed by atoms with van der Waals surface area (Å²) in [6.07, 6.45) is 3.57. The summed E-state index contributed by atoms with van der Waals surface area (Å²) in [5.74, 6) is 0.958. The Morgan fingerprint density at radius 3 is 2.19 bits per heavy atom. The Labute approximate surface area is 284 Å². The second-order valence-electron chi connectivity index (χ2n) is 11.0. The Bertz CT molecular complexity index is 1850. The van der Waals surface area contributed by atoms with E-state index in [1.54, 1.807) is 42.5 Å². The summed E-state index contributed by atoms with van der Waals surface area (Å²) >= 11 is 1.38. The molecule has 1 aromatic heterocycles. The monoisotopic (exact) mass is 659 g/mol. The first kappa shape index (κ1) is 33.8. The van der Waals surface area contributed by atoms with Crippen LogP contribution in [0, 0.1) is 6.92 Å². The second-order valence-corrected chi connectivity index (χ2v) is 12.0. The first-order chi connectivity index (χ1) is 23.4. The number of rotatable bonds is 14. The van der Waals surface area contributed by atoms with E-state index in [-0.39, 0.29) is 17.4 Å². The van der Waals surface area contributed by atoms with Crippen molar-refractivity contribution in [2.45, 2.75) is 31.6 Å². The van der Waals surface area contributed by atoms with Crippen molar-refractivity contribution in [2.24, 2.45) is 0 Å². The third-order valence-electron chi connectivity index (χ3n) is 7.17. The van der Waals surface area contributed by atoms with E-state index in [0.717, 1.165) is 34.6 Å². The van der Waals surface area contributed by atoms with Crippen molar-refractivity contribution < 1.29 is 23.5 Å². The number of unbranched alkanes of at least 4 members (excludes halogenated alkanes) is 1. The highest BCUT2D eigenvalue weighted by Crippen LogP contribution is 2.25. The molecule has 5 aromatic rings. The summed E-state index contributed by atoms with van der Waals surface area (Å²) < 4.78 is 11.7.